The van der Waals surface area contributed by atoms with E-state index in [1.165, 1.54) is 0 Å². The Bertz CT molecular complexity index is 557. The lowest BCUT2D eigenvalue weighted by molar-refractivity contribution is -0.122. The predicted molar refractivity (Wildman–Crippen MR) is 88.4 cm³/mol. The topological polar surface area (TPSA) is 32.3 Å². The van der Waals surface area contributed by atoms with Gasteiger partial charge in [0, 0.05) is 19.0 Å². The largest absolute Gasteiger partial charge is 0.355 e. The molecule has 128 valence electrons. The van der Waals surface area contributed by atoms with Crippen molar-refractivity contribution < 1.29 is 13.6 Å². The number of likely N-dealkylation sites (N-methyl/N-ethyl adjacent to an activating group) is 1. The van der Waals surface area contributed by atoms with Crippen LogP contribution in [0.25, 0.3) is 0 Å². The summed E-state index contributed by atoms with van der Waals surface area (Å²) in [6, 6.07) is 5.42. The molecule has 2 atom stereocenters. The number of carbonyl (C=O) groups is 1. The van der Waals surface area contributed by atoms with Crippen LogP contribution in [-0.2, 0) is 4.79 Å². The van der Waals surface area contributed by atoms with Gasteiger partial charge in [0.05, 0.1) is 16.6 Å². The van der Waals surface area contributed by atoms with Crippen molar-refractivity contribution in [3.63, 3.8) is 0 Å². The molecule has 0 unspecified atom stereocenters. The van der Waals surface area contributed by atoms with E-state index in [2.05, 4.69) is 5.32 Å². The maximum atomic E-state index is 12.4. The second kappa shape index (κ2) is 8.27. The normalized spacial score (nSPS) is 20.1. The first-order valence-corrected chi connectivity index (χ1v) is 8.41. The van der Waals surface area contributed by atoms with Gasteiger partial charge >= 0.3 is 0 Å². The molecule has 23 heavy (non-hydrogen) atoms. The van der Waals surface area contributed by atoms with Crippen LogP contribution in [0.5, 0.6) is 0 Å². The number of rotatable bonds is 8. The van der Waals surface area contributed by atoms with Gasteiger partial charge in [0.2, 0.25) is 5.91 Å². The summed E-state index contributed by atoms with van der Waals surface area (Å²) in [5.41, 5.74) is 0.896. The van der Waals surface area contributed by atoms with Crippen LogP contribution in [0.15, 0.2) is 18.2 Å². The number of benzene rings is 1. The summed E-state index contributed by atoms with van der Waals surface area (Å²) < 4.78 is 24.7. The van der Waals surface area contributed by atoms with E-state index >= 15 is 0 Å². The molecule has 2 rings (SSSR count). The Balaban J connectivity index is 1.79. The monoisotopic (exact) mass is 364 g/mol. The SMILES string of the molecule is CCN(CCNC(=O)[C@@H]1C[C@H]1c1cccc(Cl)c1Cl)CC(F)F. The molecule has 1 N–H and O–H groups in total. The third-order valence-electron chi connectivity index (χ3n) is 4.08. The third-order valence-corrected chi connectivity index (χ3v) is 4.91. The fraction of sp³-hybridized carbons (Fsp3) is 0.562. The second-order valence-corrected chi connectivity index (χ2v) is 6.45. The highest BCUT2D eigenvalue weighted by Gasteiger charge is 2.44. The zero-order chi connectivity index (χ0) is 17.0. The molecule has 1 fully saturated rings. The van der Waals surface area contributed by atoms with Gasteiger partial charge in [0.1, 0.15) is 0 Å². The Morgan fingerprint density at radius 1 is 1.43 bits per heavy atom. The number of amides is 1. The molecule has 1 aliphatic carbocycles. The number of nitrogens with zero attached hydrogens (tertiary/aromatic N) is 1. The van der Waals surface area contributed by atoms with Crippen LogP contribution in [0.1, 0.15) is 24.8 Å². The molecule has 0 aliphatic heterocycles. The fourth-order valence-electron chi connectivity index (χ4n) is 2.68. The molecule has 1 aliphatic rings. The molecule has 0 heterocycles. The molecular formula is C16H20Cl2F2N2O. The van der Waals surface area contributed by atoms with Gasteiger partial charge in [-0.05, 0) is 30.5 Å². The summed E-state index contributed by atoms with van der Waals surface area (Å²) in [7, 11) is 0. The van der Waals surface area contributed by atoms with E-state index in [0.717, 1.165) is 12.0 Å². The summed E-state index contributed by atoms with van der Waals surface area (Å²) in [5, 5.41) is 3.81. The smallest absolute Gasteiger partial charge is 0.251 e. The van der Waals surface area contributed by atoms with E-state index < -0.39 is 6.43 Å². The molecule has 0 aromatic heterocycles. The van der Waals surface area contributed by atoms with Gasteiger partial charge in [-0.3, -0.25) is 9.69 Å². The Kier molecular flexibility index (Phi) is 6.62. The minimum absolute atomic E-state index is 0.0563. The van der Waals surface area contributed by atoms with E-state index in [9.17, 15) is 13.6 Å². The summed E-state index contributed by atoms with van der Waals surface area (Å²) in [4.78, 5) is 13.7. The standard InChI is InChI=1S/C16H20Cl2F2N2O/c1-2-22(9-14(19)20)7-6-21-16(23)12-8-11(12)10-4-3-5-13(17)15(10)18/h3-5,11-12,14H,2,6-9H2,1H3,(H,21,23)/t11-,12+/m0/s1. The Morgan fingerprint density at radius 2 is 2.17 bits per heavy atom. The predicted octanol–water partition coefficient (Wildman–Crippen LogP) is 3.80. The van der Waals surface area contributed by atoms with E-state index in [4.69, 9.17) is 23.2 Å². The first kappa shape index (κ1) is 18.4. The zero-order valence-corrected chi connectivity index (χ0v) is 14.4. The summed E-state index contributed by atoms with van der Waals surface area (Å²) >= 11 is 12.2. The van der Waals surface area contributed by atoms with E-state index in [1.54, 1.807) is 11.0 Å². The lowest BCUT2D eigenvalue weighted by Gasteiger charge is -2.19. The second-order valence-electron chi connectivity index (χ2n) is 5.67. The van der Waals surface area contributed by atoms with Crippen LogP contribution in [0.3, 0.4) is 0 Å². The highest BCUT2D eigenvalue weighted by Crippen LogP contribution is 2.50. The average molecular weight is 365 g/mol. The van der Waals surface area contributed by atoms with Crippen molar-refractivity contribution in [2.45, 2.75) is 25.7 Å². The van der Waals surface area contributed by atoms with Gasteiger partial charge in [-0.1, -0.05) is 42.3 Å². The number of nitrogens with one attached hydrogen (secondary N) is 1. The van der Waals surface area contributed by atoms with Crippen LogP contribution < -0.4 is 5.32 Å². The van der Waals surface area contributed by atoms with Gasteiger partial charge in [-0.2, -0.15) is 0 Å². The zero-order valence-electron chi connectivity index (χ0n) is 12.9. The lowest BCUT2D eigenvalue weighted by Crippen LogP contribution is -2.37. The number of carbonyl (C=O) groups excluding carboxylic acids is 1. The molecule has 1 aromatic carbocycles. The van der Waals surface area contributed by atoms with Crippen molar-refractivity contribution in [3.8, 4) is 0 Å². The van der Waals surface area contributed by atoms with Gasteiger partial charge in [0.15, 0.2) is 0 Å². The molecule has 7 heteroatoms. The third kappa shape index (κ3) is 5.03. The van der Waals surface area contributed by atoms with E-state index in [0.29, 0.717) is 29.7 Å². The molecule has 0 saturated heterocycles. The number of alkyl halides is 2. The average Bonchev–Trinajstić information content (AvgIpc) is 3.29. The van der Waals surface area contributed by atoms with Crippen LogP contribution in [-0.4, -0.2) is 43.4 Å². The minimum atomic E-state index is -2.36. The Labute approximate surface area is 144 Å². The van der Waals surface area contributed by atoms with Crippen LogP contribution in [0, 0.1) is 5.92 Å². The van der Waals surface area contributed by atoms with Crippen LogP contribution in [0.2, 0.25) is 10.0 Å². The molecule has 0 radical (unpaired) electrons. The minimum Gasteiger partial charge on any atom is -0.355 e. The van der Waals surface area contributed by atoms with Crippen molar-refractivity contribution in [2.75, 3.05) is 26.2 Å². The first-order chi connectivity index (χ1) is 10.9. The maximum Gasteiger partial charge on any atom is 0.251 e. The Hall–Kier alpha value is -0.910. The highest BCUT2D eigenvalue weighted by atomic mass is 35.5. The van der Waals surface area contributed by atoms with E-state index in [-0.39, 0.29) is 24.3 Å². The maximum absolute atomic E-state index is 12.4. The highest BCUT2D eigenvalue weighted by molar-refractivity contribution is 6.42. The molecule has 0 spiro atoms. The van der Waals surface area contributed by atoms with Gasteiger partial charge in [-0.25, -0.2) is 8.78 Å². The van der Waals surface area contributed by atoms with Crippen molar-refractivity contribution >= 4 is 29.1 Å². The van der Waals surface area contributed by atoms with Crippen molar-refractivity contribution in [1.82, 2.24) is 10.2 Å². The number of hydrogen-bond donors (Lipinski definition) is 1. The van der Waals surface area contributed by atoms with Crippen LogP contribution in [0.4, 0.5) is 8.78 Å². The first-order valence-electron chi connectivity index (χ1n) is 7.66. The fourth-order valence-corrected chi connectivity index (χ4v) is 3.13. The summed E-state index contributed by atoms with van der Waals surface area (Å²) in [5.74, 6) is -0.0835. The molecule has 0 bridgehead atoms. The lowest BCUT2D eigenvalue weighted by atomic mass is 10.1. The molecule has 1 saturated carbocycles. The molecule has 1 amide bonds. The van der Waals surface area contributed by atoms with Gasteiger partial charge in [-0.15, -0.1) is 0 Å². The number of halogens is 4. The van der Waals surface area contributed by atoms with Crippen molar-refractivity contribution in [2.24, 2.45) is 5.92 Å². The Morgan fingerprint density at radius 3 is 2.83 bits per heavy atom. The quantitative estimate of drug-likeness (QED) is 0.760. The molecular weight excluding hydrogens is 345 g/mol. The van der Waals surface area contributed by atoms with Crippen LogP contribution >= 0.6 is 23.2 Å². The van der Waals surface area contributed by atoms with Crippen molar-refractivity contribution in [3.05, 3.63) is 33.8 Å². The van der Waals surface area contributed by atoms with Crippen molar-refractivity contribution in [1.29, 1.82) is 0 Å². The van der Waals surface area contributed by atoms with E-state index in [1.807, 2.05) is 19.1 Å². The number of hydrogen-bond acceptors (Lipinski definition) is 2. The molecule has 1 aromatic rings. The molecule has 3 nitrogen and oxygen atoms in total. The summed E-state index contributed by atoms with van der Waals surface area (Å²) in [6.45, 7) is 2.87. The van der Waals surface area contributed by atoms with Gasteiger partial charge in [0.25, 0.3) is 6.43 Å². The van der Waals surface area contributed by atoms with Gasteiger partial charge < -0.3 is 5.32 Å². The summed E-state index contributed by atoms with van der Waals surface area (Å²) in [6.07, 6.45) is -1.62.